The minimum absolute atomic E-state index is 0.497. The Balaban J connectivity index is 1.31. The van der Waals surface area contributed by atoms with Crippen LogP contribution in [-0.2, 0) is 19.4 Å². The Morgan fingerprint density at radius 3 is 2.26 bits per heavy atom. The molecule has 0 saturated heterocycles. The third-order valence-corrected chi connectivity index (χ3v) is 7.86. The van der Waals surface area contributed by atoms with Crippen molar-refractivity contribution in [1.29, 1.82) is 0 Å². The van der Waals surface area contributed by atoms with Crippen LogP contribution in [-0.4, -0.2) is 17.3 Å². The Labute approximate surface area is 210 Å². The monoisotopic (exact) mass is 470 g/mol. The van der Waals surface area contributed by atoms with Gasteiger partial charge in [0.1, 0.15) is 18.1 Å². The Morgan fingerprint density at radius 1 is 0.857 bits per heavy atom. The lowest BCUT2D eigenvalue weighted by molar-refractivity contribution is 0.0553. The van der Waals surface area contributed by atoms with Crippen LogP contribution >= 0.6 is 0 Å². The molecule has 0 amide bonds. The molecule has 2 aliphatic rings. The van der Waals surface area contributed by atoms with Crippen molar-refractivity contribution in [2.45, 2.75) is 78.9 Å². The second kappa shape index (κ2) is 9.02. The molecule has 1 saturated carbocycles. The lowest BCUT2D eigenvalue weighted by Crippen LogP contribution is -2.21. The predicted molar refractivity (Wildman–Crippen MR) is 142 cm³/mol. The van der Waals surface area contributed by atoms with Gasteiger partial charge in [0.25, 0.3) is 0 Å². The number of hydrogen-bond acceptors (Lipinski definition) is 3. The number of hydrogen-bond donors (Lipinski definition) is 1. The van der Waals surface area contributed by atoms with Gasteiger partial charge in [0.15, 0.2) is 0 Å². The van der Waals surface area contributed by atoms with Crippen molar-refractivity contribution in [3.05, 3.63) is 81.9 Å². The SMILES string of the molecule is Cc1cc(OCCC(C)(C)O)cc(C)c1-c1cccc(COc2ccc3c(c2)CC2(CC2)C3)c1C. The molecule has 0 heterocycles. The summed E-state index contributed by atoms with van der Waals surface area (Å²) in [5, 5.41) is 9.94. The average molecular weight is 471 g/mol. The minimum Gasteiger partial charge on any atom is -0.493 e. The first-order chi connectivity index (χ1) is 16.6. The first kappa shape index (κ1) is 23.9. The molecule has 3 aromatic carbocycles. The second-order valence-corrected chi connectivity index (χ2v) is 11.5. The Bertz CT molecular complexity index is 1220. The fourth-order valence-corrected chi connectivity index (χ4v) is 5.55. The topological polar surface area (TPSA) is 38.7 Å². The van der Waals surface area contributed by atoms with Crippen LogP contribution in [0.25, 0.3) is 11.1 Å². The Kier molecular flexibility index (Phi) is 6.17. The van der Waals surface area contributed by atoms with Crippen LogP contribution in [0.1, 0.15) is 66.5 Å². The zero-order valence-corrected chi connectivity index (χ0v) is 21.8. The van der Waals surface area contributed by atoms with Crippen LogP contribution in [0.2, 0.25) is 0 Å². The number of aliphatic hydroxyl groups is 1. The molecule has 5 rings (SSSR count). The highest BCUT2D eigenvalue weighted by molar-refractivity contribution is 5.75. The van der Waals surface area contributed by atoms with Gasteiger partial charge in [0.05, 0.1) is 12.2 Å². The molecule has 0 bridgehead atoms. The van der Waals surface area contributed by atoms with Gasteiger partial charge in [-0.05, 0) is 134 Å². The summed E-state index contributed by atoms with van der Waals surface area (Å²) in [5.74, 6) is 1.83. The quantitative estimate of drug-likeness (QED) is 0.376. The highest BCUT2D eigenvalue weighted by Crippen LogP contribution is 2.55. The summed E-state index contributed by atoms with van der Waals surface area (Å²) in [6.07, 6.45) is 5.85. The van der Waals surface area contributed by atoms with Gasteiger partial charge >= 0.3 is 0 Å². The Morgan fingerprint density at radius 2 is 1.57 bits per heavy atom. The van der Waals surface area contributed by atoms with E-state index < -0.39 is 5.60 Å². The molecule has 1 N–H and O–H groups in total. The number of benzene rings is 3. The molecule has 1 spiro atoms. The molecule has 3 heteroatoms. The molecule has 0 unspecified atom stereocenters. The summed E-state index contributed by atoms with van der Waals surface area (Å²) in [6.45, 7) is 11.2. The van der Waals surface area contributed by atoms with Crippen LogP contribution in [0.3, 0.4) is 0 Å². The van der Waals surface area contributed by atoms with Gasteiger partial charge < -0.3 is 14.6 Å². The largest absolute Gasteiger partial charge is 0.493 e. The molecule has 0 atom stereocenters. The van der Waals surface area contributed by atoms with Crippen molar-refractivity contribution < 1.29 is 14.6 Å². The molecule has 3 nitrogen and oxygen atoms in total. The highest BCUT2D eigenvalue weighted by atomic mass is 16.5. The minimum atomic E-state index is -0.719. The molecule has 3 aromatic rings. The molecule has 0 aliphatic heterocycles. The number of fused-ring (bicyclic) bond motifs is 1. The van der Waals surface area contributed by atoms with E-state index >= 15 is 0 Å². The number of rotatable bonds is 8. The lowest BCUT2D eigenvalue weighted by Gasteiger charge is -2.19. The fourth-order valence-electron chi connectivity index (χ4n) is 5.55. The maximum Gasteiger partial charge on any atom is 0.120 e. The smallest absolute Gasteiger partial charge is 0.120 e. The van der Waals surface area contributed by atoms with Crippen LogP contribution in [0, 0.1) is 26.2 Å². The second-order valence-electron chi connectivity index (χ2n) is 11.5. The standard InChI is InChI=1S/C32H38O3/c1-21-15-28(34-14-13-31(4,5)33)16-22(2)30(21)29-8-6-7-25(23(29)3)20-35-27-10-9-24-18-32(11-12-32)19-26(24)17-27/h6-10,15-17,33H,11-14,18-20H2,1-5H3. The Hall–Kier alpha value is -2.78. The number of ether oxygens (including phenoxy) is 2. The van der Waals surface area contributed by atoms with Gasteiger partial charge in [-0.15, -0.1) is 0 Å². The maximum absolute atomic E-state index is 9.94. The van der Waals surface area contributed by atoms with Crippen molar-refractivity contribution in [1.82, 2.24) is 0 Å². The molecule has 1 fully saturated rings. The van der Waals surface area contributed by atoms with Crippen LogP contribution in [0.15, 0.2) is 48.5 Å². The molecule has 35 heavy (non-hydrogen) atoms. The van der Waals surface area contributed by atoms with E-state index in [9.17, 15) is 5.11 Å². The number of aryl methyl sites for hydroxylation is 2. The molecule has 184 valence electrons. The average Bonchev–Trinajstić information content (AvgIpc) is 3.42. The van der Waals surface area contributed by atoms with Gasteiger partial charge in [-0.3, -0.25) is 0 Å². The summed E-state index contributed by atoms with van der Waals surface area (Å²) >= 11 is 0. The summed E-state index contributed by atoms with van der Waals surface area (Å²) < 4.78 is 12.2. The van der Waals surface area contributed by atoms with Crippen LogP contribution in [0.4, 0.5) is 0 Å². The van der Waals surface area contributed by atoms with Crippen molar-refractivity contribution in [2.75, 3.05) is 6.61 Å². The van der Waals surface area contributed by atoms with Crippen molar-refractivity contribution >= 4 is 0 Å². The van der Waals surface area contributed by atoms with Gasteiger partial charge in [-0.25, -0.2) is 0 Å². The van der Waals surface area contributed by atoms with Crippen LogP contribution in [0.5, 0.6) is 11.5 Å². The van der Waals surface area contributed by atoms with E-state index in [0.29, 0.717) is 25.0 Å². The summed E-state index contributed by atoms with van der Waals surface area (Å²) in [4.78, 5) is 0. The van der Waals surface area contributed by atoms with E-state index in [4.69, 9.17) is 9.47 Å². The van der Waals surface area contributed by atoms with E-state index in [2.05, 4.69) is 69.3 Å². The van der Waals surface area contributed by atoms with E-state index in [-0.39, 0.29) is 0 Å². The van der Waals surface area contributed by atoms with Crippen LogP contribution < -0.4 is 9.47 Å². The molecule has 2 aliphatic carbocycles. The fraction of sp³-hybridized carbons (Fsp3) is 0.438. The van der Waals surface area contributed by atoms with Gasteiger partial charge in [-0.2, -0.15) is 0 Å². The predicted octanol–water partition coefficient (Wildman–Crippen LogP) is 7.28. The van der Waals surface area contributed by atoms with E-state index in [0.717, 1.165) is 11.5 Å². The molecular formula is C32H38O3. The van der Waals surface area contributed by atoms with E-state index in [1.807, 2.05) is 13.8 Å². The third kappa shape index (κ3) is 5.26. The van der Waals surface area contributed by atoms with Crippen molar-refractivity contribution in [2.24, 2.45) is 5.41 Å². The van der Waals surface area contributed by atoms with Gasteiger partial charge in [-0.1, -0.05) is 24.3 Å². The molecular weight excluding hydrogens is 432 g/mol. The first-order valence-electron chi connectivity index (χ1n) is 12.9. The van der Waals surface area contributed by atoms with Crippen molar-refractivity contribution in [3.8, 4) is 22.6 Å². The van der Waals surface area contributed by atoms with Gasteiger partial charge in [0, 0.05) is 6.42 Å². The van der Waals surface area contributed by atoms with E-state index in [1.165, 1.54) is 70.2 Å². The maximum atomic E-state index is 9.94. The van der Waals surface area contributed by atoms with Gasteiger partial charge in [0.2, 0.25) is 0 Å². The van der Waals surface area contributed by atoms with Crippen molar-refractivity contribution in [3.63, 3.8) is 0 Å². The summed E-state index contributed by atoms with van der Waals surface area (Å²) in [5.41, 5.74) is 10.2. The first-order valence-corrected chi connectivity index (χ1v) is 12.9. The lowest BCUT2D eigenvalue weighted by atomic mass is 9.90. The molecule has 0 aromatic heterocycles. The molecule has 0 radical (unpaired) electrons. The highest BCUT2D eigenvalue weighted by Gasteiger charge is 2.46. The normalized spacial score (nSPS) is 15.8. The van der Waals surface area contributed by atoms with E-state index in [1.54, 1.807) is 0 Å². The summed E-state index contributed by atoms with van der Waals surface area (Å²) in [7, 11) is 0. The summed E-state index contributed by atoms with van der Waals surface area (Å²) in [6, 6.07) is 17.4. The third-order valence-electron chi connectivity index (χ3n) is 7.86. The zero-order chi connectivity index (χ0) is 24.8. The zero-order valence-electron chi connectivity index (χ0n) is 21.8.